The van der Waals surface area contributed by atoms with Gasteiger partial charge in [-0.05, 0) is 44.6 Å². The summed E-state index contributed by atoms with van der Waals surface area (Å²) in [6, 6.07) is 0. The topological polar surface area (TPSA) is 69.2 Å². The van der Waals surface area contributed by atoms with E-state index >= 15 is 0 Å². The van der Waals surface area contributed by atoms with E-state index in [-0.39, 0.29) is 12.3 Å². The van der Waals surface area contributed by atoms with Crippen LogP contribution in [0, 0.1) is 0 Å². The first kappa shape index (κ1) is 18.6. The first-order valence-electron chi connectivity index (χ1n) is 7.29. The smallest absolute Gasteiger partial charge is 0.243 e. The highest BCUT2D eigenvalue weighted by Crippen LogP contribution is 2.07. The number of aliphatic carboxylic acids is 1. The van der Waals surface area contributed by atoms with Gasteiger partial charge in [-0.1, -0.05) is 6.58 Å². The first-order valence-corrected chi connectivity index (χ1v) is 7.29. The average Bonchev–Trinajstić information content (AvgIpc) is 2.38. The van der Waals surface area contributed by atoms with Crippen LogP contribution in [-0.4, -0.2) is 50.1 Å². The van der Waals surface area contributed by atoms with Crippen LogP contribution in [0.25, 0.3) is 0 Å². The molecule has 0 aromatic carbocycles. The van der Waals surface area contributed by atoms with Gasteiger partial charge in [0.15, 0.2) is 0 Å². The van der Waals surface area contributed by atoms with E-state index in [1.807, 2.05) is 0 Å². The molecule has 0 aromatic rings. The lowest BCUT2D eigenvalue weighted by Crippen LogP contribution is -2.41. The molecule has 1 N–H and O–H groups in total. The van der Waals surface area contributed by atoms with Crippen molar-refractivity contribution in [2.75, 3.05) is 33.7 Å². The summed E-state index contributed by atoms with van der Waals surface area (Å²) in [6.07, 6.45) is 6.21. The maximum atomic E-state index is 10.9. The molecule has 0 rings (SSSR count). The van der Waals surface area contributed by atoms with Crippen molar-refractivity contribution in [3.8, 4) is 0 Å². The van der Waals surface area contributed by atoms with E-state index in [0.29, 0.717) is 13.0 Å². The summed E-state index contributed by atoms with van der Waals surface area (Å²) >= 11 is 0. The monoisotopic (exact) mass is 284 g/mol. The fraction of sp³-hybridized carbons (Fsp3) is 0.733. The molecule has 0 aliphatic carbocycles. The zero-order valence-electron chi connectivity index (χ0n) is 12.8. The standard InChI is InChI=1S/C15H28N2O3/c1-4-14(18)16-11-7-5-8-12-17(2,3)13-9-6-10-15(19)20/h4H,1,5-13H2,2-3H3,(H-,16,18,19,20). The van der Waals surface area contributed by atoms with Crippen LogP contribution in [0.3, 0.4) is 0 Å². The Morgan fingerprint density at radius 2 is 1.70 bits per heavy atom. The molecule has 0 saturated heterocycles. The summed E-state index contributed by atoms with van der Waals surface area (Å²) in [6.45, 7) is 6.15. The van der Waals surface area contributed by atoms with Gasteiger partial charge in [0.05, 0.1) is 27.2 Å². The fourth-order valence-electron chi connectivity index (χ4n) is 2.05. The van der Waals surface area contributed by atoms with Gasteiger partial charge in [-0.2, -0.15) is 0 Å². The minimum atomic E-state index is -0.961. The summed E-state index contributed by atoms with van der Waals surface area (Å²) in [7, 11) is 4.33. The number of hydrogen-bond acceptors (Lipinski definition) is 3. The molecule has 0 spiro atoms. The largest absolute Gasteiger partial charge is 0.550 e. The second kappa shape index (κ2) is 10.4. The highest BCUT2D eigenvalue weighted by molar-refractivity contribution is 5.86. The Morgan fingerprint density at radius 1 is 1.10 bits per heavy atom. The zero-order chi connectivity index (χ0) is 15.4. The molecule has 0 atom stereocenters. The Bertz CT molecular complexity index is 314. The van der Waals surface area contributed by atoms with E-state index in [4.69, 9.17) is 0 Å². The van der Waals surface area contributed by atoms with Crippen LogP contribution < -0.4 is 10.4 Å². The van der Waals surface area contributed by atoms with Crippen molar-refractivity contribution < 1.29 is 19.2 Å². The van der Waals surface area contributed by atoms with E-state index < -0.39 is 5.97 Å². The van der Waals surface area contributed by atoms with Crippen molar-refractivity contribution in [1.29, 1.82) is 0 Å². The lowest BCUT2D eigenvalue weighted by molar-refractivity contribution is -0.890. The Hall–Kier alpha value is -1.36. The number of nitrogens with zero attached hydrogens (tertiary/aromatic N) is 1. The van der Waals surface area contributed by atoms with Gasteiger partial charge in [-0.15, -0.1) is 0 Å². The Balaban J connectivity index is 3.54. The predicted octanol–water partition coefficient (Wildman–Crippen LogP) is 0.456. The van der Waals surface area contributed by atoms with Gasteiger partial charge in [0.25, 0.3) is 0 Å². The van der Waals surface area contributed by atoms with Gasteiger partial charge in [0, 0.05) is 12.5 Å². The summed E-state index contributed by atoms with van der Waals surface area (Å²) in [5.41, 5.74) is 0. The number of hydrogen-bond donors (Lipinski definition) is 1. The predicted molar refractivity (Wildman–Crippen MR) is 77.8 cm³/mol. The fourth-order valence-corrected chi connectivity index (χ4v) is 2.05. The molecule has 5 nitrogen and oxygen atoms in total. The summed E-state index contributed by atoms with van der Waals surface area (Å²) in [5.74, 6) is -1.08. The molecular weight excluding hydrogens is 256 g/mol. The summed E-state index contributed by atoms with van der Waals surface area (Å²) in [5, 5.41) is 13.1. The lowest BCUT2D eigenvalue weighted by atomic mass is 10.2. The third-order valence-corrected chi connectivity index (χ3v) is 3.32. The minimum absolute atomic E-state index is 0.117. The van der Waals surface area contributed by atoms with Gasteiger partial charge >= 0.3 is 0 Å². The lowest BCUT2D eigenvalue weighted by Gasteiger charge is -2.30. The zero-order valence-corrected chi connectivity index (χ0v) is 12.8. The Labute approximate surface area is 122 Å². The van der Waals surface area contributed by atoms with Gasteiger partial charge in [0.1, 0.15) is 0 Å². The number of carboxylic acids is 1. The van der Waals surface area contributed by atoms with Crippen LogP contribution in [0.5, 0.6) is 0 Å². The molecule has 0 unspecified atom stereocenters. The number of nitrogens with one attached hydrogen (secondary N) is 1. The van der Waals surface area contributed by atoms with Crippen molar-refractivity contribution in [2.24, 2.45) is 0 Å². The number of carbonyl (C=O) groups excluding carboxylic acids is 2. The van der Waals surface area contributed by atoms with Crippen LogP contribution in [0.2, 0.25) is 0 Å². The Kier molecular flexibility index (Phi) is 9.72. The molecule has 20 heavy (non-hydrogen) atoms. The van der Waals surface area contributed by atoms with Crippen LogP contribution in [0.1, 0.15) is 38.5 Å². The van der Waals surface area contributed by atoms with Crippen molar-refractivity contribution in [2.45, 2.75) is 38.5 Å². The SMILES string of the molecule is C=CC(=O)NCCCCC[N+](C)(C)CCCCC(=O)[O-]. The quantitative estimate of drug-likeness (QED) is 0.321. The molecular formula is C15H28N2O3. The summed E-state index contributed by atoms with van der Waals surface area (Å²) in [4.78, 5) is 21.2. The van der Waals surface area contributed by atoms with E-state index in [2.05, 4.69) is 26.0 Å². The van der Waals surface area contributed by atoms with Crippen molar-refractivity contribution >= 4 is 11.9 Å². The van der Waals surface area contributed by atoms with Crippen molar-refractivity contribution in [3.05, 3.63) is 12.7 Å². The van der Waals surface area contributed by atoms with Crippen LogP contribution in [-0.2, 0) is 9.59 Å². The van der Waals surface area contributed by atoms with Gasteiger partial charge in [0.2, 0.25) is 5.91 Å². The second-order valence-electron chi connectivity index (χ2n) is 5.77. The highest BCUT2D eigenvalue weighted by atomic mass is 16.4. The van der Waals surface area contributed by atoms with Gasteiger partial charge in [-0.25, -0.2) is 0 Å². The van der Waals surface area contributed by atoms with Crippen LogP contribution >= 0.6 is 0 Å². The Morgan fingerprint density at radius 3 is 2.25 bits per heavy atom. The molecule has 0 aromatic heterocycles. The van der Waals surface area contributed by atoms with E-state index in [9.17, 15) is 14.7 Å². The number of carbonyl (C=O) groups is 2. The third kappa shape index (κ3) is 11.7. The number of carboxylic acid groups (broad SMARTS) is 1. The van der Waals surface area contributed by atoms with Crippen molar-refractivity contribution in [3.63, 3.8) is 0 Å². The molecule has 0 bridgehead atoms. The molecule has 116 valence electrons. The number of quaternary nitrogens is 1. The molecule has 0 aliphatic rings. The number of unbranched alkanes of at least 4 members (excludes halogenated alkanes) is 3. The molecule has 0 fully saturated rings. The van der Waals surface area contributed by atoms with Gasteiger partial charge in [-0.3, -0.25) is 4.79 Å². The summed E-state index contributed by atoms with van der Waals surface area (Å²) < 4.78 is 0.909. The van der Waals surface area contributed by atoms with Crippen LogP contribution in [0.15, 0.2) is 12.7 Å². The van der Waals surface area contributed by atoms with E-state index in [1.54, 1.807) is 0 Å². The van der Waals surface area contributed by atoms with Crippen molar-refractivity contribution in [1.82, 2.24) is 5.32 Å². The first-order chi connectivity index (χ1) is 9.37. The van der Waals surface area contributed by atoms with E-state index in [0.717, 1.165) is 43.3 Å². The number of rotatable bonds is 12. The average molecular weight is 284 g/mol. The number of amides is 1. The van der Waals surface area contributed by atoms with E-state index in [1.165, 1.54) is 6.08 Å². The normalized spacial score (nSPS) is 11.1. The maximum absolute atomic E-state index is 10.9. The maximum Gasteiger partial charge on any atom is 0.243 e. The highest BCUT2D eigenvalue weighted by Gasteiger charge is 2.13. The minimum Gasteiger partial charge on any atom is -0.550 e. The van der Waals surface area contributed by atoms with Gasteiger partial charge < -0.3 is 19.7 Å². The van der Waals surface area contributed by atoms with Crippen LogP contribution in [0.4, 0.5) is 0 Å². The second-order valence-corrected chi connectivity index (χ2v) is 5.77. The third-order valence-electron chi connectivity index (χ3n) is 3.32. The molecule has 1 amide bonds. The molecule has 5 heteroatoms. The molecule has 0 radical (unpaired) electrons. The molecule has 0 aliphatic heterocycles. The molecule has 0 saturated carbocycles. The molecule has 0 heterocycles.